The first-order valence-electron chi connectivity index (χ1n) is 17.0. The van der Waals surface area contributed by atoms with Crippen LogP contribution in [0.2, 0.25) is 0 Å². The average Bonchev–Trinajstić information content (AvgIpc) is 3.76. The molecule has 11 heteroatoms. The van der Waals surface area contributed by atoms with Gasteiger partial charge < -0.3 is 44.1 Å². The Morgan fingerprint density at radius 3 is 2.55 bits per heavy atom. The molecule has 270 valence electrons. The van der Waals surface area contributed by atoms with Gasteiger partial charge in [-0.1, -0.05) is 45.1 Å². The topological polar surface area (TPSA) is 142 Å². The summed E-state index contributed by atoms with van der Waals surface area (Å²) in [4.78, 5) is 29.6. The molecule has 2 aliphatic rings. The number of esters is 1. The highest BCUT2D eigenvalue weighted by Crippen LogP contribution is 2.37. The van der Waals surface area contributed by atoms with E-state index >= 15 is 0 Å². The standard InChI is InChI=1S/C36H62N2O9/c1-11-28(40)26(4)33-29(45-33)23-35(5,43)18-12-14-24(2)32-25(3)15-16-30(46-34(42)38(9)21-13-20-37(7)8)36(6,44-10)19-17-27(39)22-31(41)47-32/h12,14-16,18,25-30,32-33,39-40,43H,11,13,17,19-23H2,1-10H3/b16-15+,18-12+,24-14+. The summed E-state index contributed by atoms with van der Waals surface area (Å²) in [5.41, 5.74) is -1.36. The van der Waals surface area contributed by atoms with Crippen molar-refractivity contribution in [1.82, 2.24) is 9.80 Å². The summed E-state index contributed by atoms with van der Waals surface area (Å²) in [6.07, 6.45) is 7.59. The number of hydrogen-bond acceptors (Lipinski definition) is 10. The van der Waals surface area contributed by atoms with Crippen molar-refractivity contribution in [3.05, 3.63) is 36.0 Å². The van der Waals surface area contributed by atoms with E-state index in [1.54, 1.807) is 50.3 Å². The summed E-state index contributed by atoms with van der Waals surface area (Å²) in [6, 6.07) is 0. The Balaban J connectivity index is 2.24. The third kappa shape index (κ3) is 13.3. The maximum absolute atomic E-state index is 13.1. The number of carbonyl (C=O) groups excluding carboxylic acids is 2. The lowest BCUT2D eigenvalue weighted by atomic mass is 9.88. The molecule has 1 amide bonds. The predicted molar refractivity (Wildman–Crippen MR) is 182 cm³/mol. The van der Waals surface area contributed by atoms with Crippen molar-refractivity contribution < 1.29 is 43.9 Å². The van der Waals surface area contributed by atoms with E-state index < -0.39 is 47.7 Å². The molecule has 47 heavy (non-hydrogen) atoms. The van der Waals surface area contributed by atoms with Gasteiger partial charge in [-0.2, -0.15) is 0 Å². The van der Waals surface area contributed by atoms with E-state index in [0.29, 0.717) is 25.8 Å². The molecular weight excluding hydrogens is 604 g/mol. The minimum absolute atomic E-state index is 0.00497. The quantitative estimate of drug-likeness (QED) is 0.107. The second kappa shape index (κ2) is 18.5. The van der Waals surface area contributed by atoms with Gasteiger partial charge in [-0.3, -0.25) is 4.79 Å². The third-order valence-electron chi connectivity index (χ3n) is 9.45. The molecule has 0 saturated carbocycles. The van der Waals surface area contributed by atoms with E-state index in [0.717, 1.165) is 18.5 Å². The van der Waals surface area contributed by atoms with Crippen LogP contribution in [0, 0.1) is 11.8 Å². The Kier molecular flexibility index (Phi) is 16.1. The SMILES string of the molecule is CCC(O)C(C)C1OC1CC(C)(O)/C=C/C=C(\C)C1OC(=O)CC(O)CCC(C)(OC)C(OC(=O)N(C)CCCN(C)C)/C=C/C1C. The van der Waals surface area contributed by atoms with Gasteiger partial charge in [-0.15, -0.1) is 0 Å². The Morgan fingerprint density at radius 2 is 1.94 bits per heavy atom. The van der Waals surface area contributed by atoms with E-state index in [4.69, 9.17) is 18.9 Å². The zero-order chi connectivity index (χ0) is 35.5. The molecule has 0 aromatic carbocycles. The van der Waals surface area contributed by atoms with Crippen LogP contribution >= 0.6 is 0 Å². The molecule has 2 heterocycles. The van der Waals surface area contributed by atoms with Crippen LogP contribution in [-0.2, 0) is 23.7 Å². The molecule has 1 saturated heterocycles. The first-order chi connectivity index (χ1) is 21.9. The van der Waals surface area contributed by atoms with Gasteiger partial charge in [0.15, 0.2) is 6.10 Å². The van der Waals surface area contributed by atoms with Crippen LogP contribution < -0.4 is 0 Å². The highest BCUT2D eigenvalue weighted by atomic mass is 16.6. The number of ether oxygens (including phenoxy) is 4. The zero-order valence-electron chi connectivity index (χ0n) is 30.3. The number of amides is 1. The maximum Gasteiger partial charge on any atom is 0.410 e. The normalized spacial score (nSPS) is 32.5. The van der Waals surface area contributed by atoms with Crippen molar-refractivity contribution in [2.75, 3.05) is 41.3 Å². The fraction of sp³-hybridized carbons (Fsp3) is 0.778. The van der Waals surface area contributed by atoms with Gasteiger partial charge in [0, 0.05) is 39.0 Å². The number of epoxide rings is 1. The van der Waals surface area contributed by atoms with Gasteiger partial charge in [0.25, 0.3) is 0 Å². The molecular formula is C36H62N2O9. The lowest BCUT2D eigenvalue weighted by Gasteiger charge is -2.36. The molecule has 0 radical (unpaired) electrons. The van der Waals surface area contributed by atoms with Crippen LogP contribution in [0.15, 0.2) is 36.0 Å². The van der Waals surface area contributed by atoms with Crippen LogP contribution in [0.25, 0.3) is 0 Å². The van der Waals surface area contributed by atoms with Gasteiger partial charge >= 0.3 is 12.1 Å². The molecule has 0 aromatic heterocycles. The van der Waals surface area contributed by atoms with E-state index in [1.165, 1.54) is 0 Å². The maximum atomic E-state index is 13.1. The fourth-order valence-corrected chi connectivity index (χ4v) is 5.92. The van der Waals surface area contributed by atoms with E-state index in [-0.39, 0.29) is 36.9 Å². The molecule has 11 nitrogen and oxygen atoms in total. The van der Waals surface area contributed by atoms with E-state index in [9.17, 15) is 24.9 Å². The molecule has 0 bridgehead atoms. The summed E-state index contributed by atoms with van der Waals surface area (Å²) in [5, 5.41) is 31.9. The predicted octanol–water partition coefficient (Wildman–Crippen LogP) is 4.25. The minimum atomic E-state index is -1.15. The molecule has 3 N–H and O–H groups in total. The van der Waals surface area contributed by atoms with Gasteiger partial charge in [-0.05, 0) is 78.7 Å². The van der Waals surface area contributed by atoms with E-state index in [1.807, 2.05) is 54.8 Å². The lowest BCUT2D eigenvalue weighted by molar-refractivity contribution is -0.151. The van der Waals surface area contributed by atoms with Crippen LogP contribution in [0.4, 0.5) is 4.79 Å². The Morgan fingerprint density at radius 1 is 1.26 bits per heavy atom. The minimum Gasteiger partial charge on any atom is -0.457 e. The summed E-state index contributed by atoms with van der Waals surface area (Å²) < 4.78 is 23.5. The summed E-state index contributed by atoms with van der Waals surface area (Å²) in [6.45, 7) is 12.6. The molecule has 1 fully saturated rings. The summed E-state index contributed by atoms with van der Waals surface area (Å²) >= 11 is 0. The molecule has 0 aromatic rings. The Labute approximate surface area is 282 Å². The van der Waals surface area contributed by atoms with Crippen molar-refractivity contribution in [1.29, 1.82) is 0 Å². The summed E-state index contributed by atoms with van der Waals surface area (Å²) in [5.74, 6) is -0.851. The average molecular weight is 667 g/mol. The monoisotopic (exact) mass is 666 g/mol. The molecule has 10 atom stereocenters. The molecule has 10 unspecified atom stereocenters. The number of aliphatic hydroxyl groups excluding tert-OH is 2. The van der Waals surface area contributed by atoms with Gasteiger partial charge in [-0.25, -0.2) is 4.79 Å². The number of rotatable bonds is 14. The number of nitrogens with zero attached hydrogens (tertiary/aromatic N) is 2. The van der Waals surface area contributed by atoms with Crippen molar-refractivity contribution >= 4 is 12.1 Å². The fourth-order valence-electron chi connectivity index (χ4n) is 5.92. The highest BCUT2D eigenvalue weighted by molar-refractivity contribution is 5.70. The highest BCUT2D eigenvalue weighted by Gasteiger charge is 2.47. The molecule has 0 spiro atoms. The zero-order valence-corrected chi connectivity index (χ0v) is 30.3. The van der Waals surface area contributed by atoms with E-state index in [2.05, 4.69) is 4.90 Å². The van der Waals surface area contributed by atoms with Gasteiger partial charge in [0.05, 0.1) is 36.4 Å². The van der Waals surface area contributed by atoms with Crippen molar-refractivity contribution in [2.45, 2.75) is 128 Å². The van der Waals surface area contributed by atoms with Gasteiger partial charge in [0.1, 0.15) is 11.7 Å². The first kappa shape index (κ1) is 40.9. The summed E-state index contributed by atoms with van der Waals surface area (Å²) in [7, 11) is 7.22. The largest absolute Gasteiger partial charge is 0.457 e. The number of hydrogen-bond donors (Lipinski definition) is 3. The Bertz CT molecular complexity index is 1090. The second-order valence-corrected chi connectivity index (χ2v) is 14.3. The van der Waals surface area contributed by atoms with Crippen molar-refractivity contribution in [2.24, 2.45) is 11.8 Å². The van der Waals surface area contributed by atoms with Gasteiger partial charge in [0.2, 0.25) is 0 Å². The number of cyclic esters (lactones) is 1. The molecule has 0 aliphatic carbocycles. The number of carbonyl (C=O) groups is 2. The smallest absolute Gasteiger partial charge is 0.410 e. The van der Waals surface area contributed by atoms with Crippen LogP contribution in [0.3, 0.4) is 0 Å². The van der Waals surface area contributed by atoms with Crippen molar-refractivity contribution in [3.63, 3.8) is 0 Å². The number of allylic oxidation sites excluding steroid dienone is 2. The number of aliphatic hydroxyl groups is 3. The number of methoxy groups -OCH3 is 1. The van der Waals surface area contributed by atoms with Crippen LogP contribution in [-0.4, -0.2) is 126 Å². The Hall–Kier alpha value is -2.28. The lowest BCUT2D eigenvalue weighted by Crippen LogP contribution is -2.46. The van der Waals surface area contributed by atoms with Crippen LogP contribution in [0.5, 0.6) is 0 Å². The second-order valence-electron chi connectivity index (χ2n) is 14.3. The molecule has 2 aliphatic heterocycles. The third-order valence-corrected chi connectivity index (χ3v) is 9.45. The van der Waals surface area contributed by atoms with Crippen molar-refractivity contribution in [3.8, 4) is 0 Å². The first-order valence-corrected chi connectivity index (χ1v) is 17.0. The molecule has 2 rings (SSSR count). The van der Waals surface area contributed by atoms with Crippen LogP contribution in [0.1, 0.15) is 80.1 Å².